The molecular formula is C16H14ClFN4O2. The summed E-state index contributed by atoms with van der Waals surface area (Å²) in [6.45, 7) is 0.463. The number of hydrogen-bond donors (Lipinski definition) is 2. The number of carboxylic acid groups (broad SMARTS) is 1. The van der Waals surface area contributed by atoms with Gasteiger partial charge in [-0.2, -0.15) is 0 Å². The van der Waals surface area contributed by atoms with E-state index >= 15 is 0 Å². The Labute approximate surface area is 141 Å². The summed E-state index contributed by atoms with van der Waals surface area (Å²) in [7, 11) is 0. The zero-order valence-electron chi connectivity index (χ0n) is 12.5. The molecule has 0 unspecified atom stereocenters. The van der Waals surface area contributed by atoms with Gasteiger partial charge in [0.05, 0.1) is 11.2 Å². The number of imidazole rings is 1. The van der Waals surface area contributed by atoms with Gasteiger partial charge in [0.25, 0.3) is 0 Å². The number of rotatable bonds is 6. The number of hydrogen-bond acceptors (Lipinski definition) is 4. The minimum atomic E-state index is -0.843. The van der Waals surface area contributed by atoms with E-state index in [9.17, 15) is 9.18 Å². The highest BCUT2D eigenvalue weighted by Gasteiger charge is 2.15. The van der Waals surface area contributed by atoms with E-state index in [-0.39, 0.29) is 11.4 Å². The van der Waals surface area contributed by atoms with Crippen LogP contribution in [0.1, 0.15) is 12.8 Å². The second-order valence-electron chi connectivity index (χ2n) is 5.17. The standard InChI is InChI=1S/C16H14ClFN4O2/c17-11-8-10(3-4-12(11)18)15-16(20-5-1-2-14(23)24)22-7-6-19-9-13(22)21-15/h3-4,6-9,20H,1-2,5H2,(H,23,24). The second-order valence-corrected chi connectivity index (χ2v) is 5.57. The summed E-state index contributed by atoms with van der Waals surface area (Å²) >= 11 is 5.87. The van der Waals surface area contributed by atoms with E-state index in [1.54, 1.807) is 29.1 Å². The molecule has 0 amide bonds. The third-order valence-corrected chi connectivity index (χ3v) is 3.77. The Morgan fingerprint density at radius 2 is 2.25 bits per heavy atom. The molecule has 124 valence electrons. The Kier molecular flexibility index (Phi) is 4.61. The number of carbonyl (C=O) groups is 1. The van der Waals surface area contributed by atoms with Crippen LogP contribution in [-0.2, 0) is 4.79 Å². The number of benzene rings is 1. The zero-order chi connectivity index (χ0) is 17.1. The smallest absolute Gasteiger partial charge is 0.303 e. The van der Waals surface area contributed by atoms with Crippen LogP contribution in [0.3, 0.4) is 0 Å². The SMILES string of the molecule is O=C(O)CCCNc1c(-c2ccc(F)c(Cl)c2)nc2cnccn12. The molecule has 2 heterocycles. The molecule has 0 radical (unpaired) electrons. The first-order valence-corrected chi connectivity index (χ1v) is 7.67. The highest BCUT2D eigenvalue weighted by atomic mass is 35.5. The van der Waals surface area contributed by atoms with Crippen molar-refractivity contribution in [1.82, 2.24) is 14.4 Å². The van der Waals surface area contributed by atoms with Gasteiger partial charge in [-0.3, -0.25) is 14.2 Å². The zero-order valence-corrected chi connectivity index (χ0v) is 13.3. The predicted molar refractivity (Wildman–Crippen MR) is 88.8 cm³/mol. The highest BCUT2D eigenvalue weighted by Crippen LogP contribution is 2.31. The van der Waals surface area contributed by atoms with Crippen molar-refractivity contribution >= 4 is 29.0 Å². The molecule has 0 saturated carbocycles. The Bertz CT molecular complexity index is 897. The first-order chi connectivity index (χ1) is 11.6. The van der Waals surface area contributed by atoms with Crippen molar-refractivity contribution in [3.63, 3.8) is 0 Å². The van der Waals surface area contributed by atoms with E-state index in [2.05, 4.69) is 15.3 Å². The normalized spacial score (nSPS) is 10.9. The number of carboxylic acids is 1. The molecule has 0 saturated heterocycles. The number of aromatic nitrogens is 3. The first-order valence-electron chi connectivity index (χ1n) is 7.29. The Hall–Kier alpha value is -2.67. The molecule has 0 atom stereocenters. The van der Waals surface area contributed by atoms with Crippen LogP contribution in [0.15, 0.2) is 36.8 Å². The summed E-state index contributed by atoms with van der Waals surface area (Å²) in [4.78, 5) is 19.2. The molecule has 24 heavy (non-hydrogen) atoms. The van der Waals surface area contributed by atoms with Crippen molar-refractivity contribution in [2.75, 3.05) is 11.9 Å². The van der Waals surface area contributed by atoms with Gasteiger partial charge in [0.1, 0.15) is 17.3 Å². The summed E-state index contributed by atoms with van der Waals surface area (Å²) in [5, 5.41) is 11.9. The minimum Gasteiger partial charge on any atom is -0.481 e. The van der Waals surface area contributed by atoms with Gasteiger partial charge < -0.3 is 10.4 Å². The van der Waals surface area contributed by atoms with E-state index in [4.69, 9.17) is 16.7 Å². The molecular weight excluding hydrogens is 335 g/mol. The molecule has 3 rings (SSSR count). The van der Waals surface area contributed by atoms with E-state index < -0.39 is 11.8 Å². The quantitative estimate of drug-likeness (QED) is 0.667. The van der Waals surface area contributed by atoms with Crippen LogP contribution in [0.25, 0.3) is 16.9 Å². The first kappa shape index (κ1) is 16.2. The molecule has 0 fully saturated rings. The third-order valence-electron chi connectivity index (χ3n) is 3.48. The lowest BCUT2D eigenvalue weighted by molar-refractivity contribution is -0.137. The van der Waals surface area contributed by atoms with Gasteiger partial charge in [-0.1, -0.05) is 11.6 Å². The van der Waals surface area contributed by atoms with Crippen molar-refractivity contribution in [3.05, 3.63) is 47.6 Å². The van der Waals surface area contributed by atoms with Crippen LogP contribution in [0, 0.1) is 5.82 Å². The second kappa shape index (κ2) is 6.84. The number of nitrogens with one attached hydrogen (secondary N) is 1. The fraction of sp³-hybridized carbons (Fsp3) is 0.188. The molecule has 0 aliphatic heterocycles. The van der Waals surface area contributed by atoms with E-state index in [0.29, 0.717) is 35.7 Å². The monoisotopic (exact) mass is 348 g/mol. The Morgan fingerprint density at radius 1 is 1.42 bits per heavy atom. The highest BCUT2D eigenvalue weighted by molar-refractivity contribution is 6.31. The Morgan fingerprint density at radius 3 is 3.00 bits per heavy atom. The van der Waals surface area contributed by atoms with Gasteiger partial charge in [-0.25, -0.2) is 9.37 Å². The largest absolute Gasteiger partial charge is 0.481 e. The van der Waals surface area contributed by atoms with Crippen molar-refractivity contribution in [2.45, 2.75) is 12.8 Å². The minimum absolute atomic E-state index is 0.0134. The molecule has 0 aliphatic carbocycles. The average molecular weight is 349 g/mol. The average Bonchev–Trinajstić information content (AvgIpc) is 2.93. The fourth-order valence-corrected chi connectivity index (χ4v) is 2.55. The van der Waals surface area contributed by atoms with Gasteiger partial charge in [0.15, 0.2) is 5.65 Å². The third kappa shape index (κ3) is 3.30. The molecule has 6 nitrogen and oxygen atoms in total. The number of anilines is 1. The molecule has 8 heteroatoms. The van der Waals surface area contributed by atoms with Crippen molar-refractivity contribution < 1.29 is 14.3 Å². The van der Waals surface area contributed by atoms with E-state index in [0.717, 1.165) is 0 Å². The molecule has 2 aromatic heterocycles. The van der Waals surface area contributed by atoms with Crippen molar-refractivity contribution in [3.8, 4) is 11.3 Å². The lowest BCUT2D eigenvalue weighted by Gasteiger charge is -2.08. The summed E-state index contributed by atoms with van der Waals surface area (Å²) in [5.41, 5.74) is 1.87. The number of aliphatic carboxylic acids is 1. The molecule has 0 aliphatic rings. The van der Waals surface area contributed by atoms with Crippen LogP contribution < -0.4 is 5.32 Å². The maximum atomic E-state index is 13.4. The predicted octanol–water partition coefficient (Wildman–Crippen LogP) is 3.47. The van der Waals surface area contributed by atoms with Crippen LogP contribution >= 0.6 is 11.6 Å². The maximum absolute atomic E-state index is 13.4. The summed E-state index contributed by atoms with van der Waals surface area (Å²) in [5.74, 6) is -0.660. The molecule has 0 bridgehead atoms. The molecule has 2 N–H and O–H groups in total. The van der Waals surface area contributed by atoms with Crippen molar-refractivity contribution in [1.29, 1.82) is 0 Å². The number of halogens is 2. The molecule has 0 spiro atoms. The van der Waals surface area contributed by atoms with Crippen LogP contribution in [0.4, 0.5) is 10.2 Å². The maximum Gasteiger partial charge on any atom is 0.303 e. The number of nitrogens with zero attached hydrogens (tertiary/aromatic N) is 3. The molecule has 3 aromatic rings. The van der Waals surface area contributed by atoms with E-state index in [1.807, 2.05) is 0 Å². The number of fused-ring (bicyclic) bond motifs is 1. The van der Waals surface area contributed by atoms with Gasteiger partial charge in [-0.15, -0.1) is 0 Å². The van der Waals surface area contributed by atoms with Crippen LogP contribution in [0.2, 0.25) is 5.02 Å². The van der Waals surface area contributed by atoms with Crippen LogP contribution in [-0.4, -0.2) is 32.0 Å². The lowest BCUT2D eigenvalue weighted by Crippen LogP contribution is -2.07. The van der Waals surface area contributed by atoms with Gasteiger partial charge in [0.2, 0.25) is 0 Å². The van der Waals surface area contributed by atoms with Crippen LogP contribution in [0.5, 0.6) is 0 Å². The van der Waals surface area contributed by atoms with Gasteiger partial charge in [0, 0.05) is 30.9 Å². The molecule has 1 aromatic carbocycles. The summed E-state index contributed by atoms with van der Waals surface area (Å²) in [6.07, 6.45) is 5.52. The van der Waals surface area contributed by atoms with Gasteiger partial charge >= 0.3 is 5.97 Å². The van der Waals surface area contributed by atoms with Gasteiger partial charge in [-0.05, 0) is 24.6 Å². The lowest BCUT2D eigenvalue weighted by atomic mass is 10.1. The topological polar surface area (TPSA) is 79.5 Å². The Balaban J connectivity index is 1.98. The van der Waals surface area contributed by atoms with Crippen molar-refractivity contribution in [2.24, 2.45) is 0 Å². The fourth-order valence-electron chi connectivity index (χ4n) is 2.37. The van der Waals surface area contributed by atoms with E-state index in [1.165, 1.54) is 12.1 Å². The summed E-state index contributed by atoms with van der Waals surface area (Å²) in [6, 6.07) is 4.39. The summed E-state index contributed by atoms with van der Waals surface area (Å²) < 4.78 is 15.2.